The molecule has 6 rings (SSSR count). The molecule has 0 spiro atoms. The number of pyridine rings is 2. The van der Waals surface area contributed by atoms with Gasteiger partial charge in [0.15, 0.2) is 5.60 Å². The first kappa shape index (κ1) is 22.8. The summed E-state index contributed by atoms with van der Waals surface area (Å²) in [6, 6.07) is 2.50. The lowest BCUT2D eigenvalue weighted by Crippen LogP contribution is -2.44. The van der Waals surface area contributed by atoms with Gasteiger partial charge < -0.3 is 24.8 Å². The summed E-state index contributed by atoms with van der Waals surface area (Å²) in [6.07, 6.45) is 1.04. The topological polar surface area (TPSA) is 131 Å². The molecule has 0 fully saturated rings. The van der Waals surface area contributed by atoms with E-state index in [1.54, 1.807) is 19.9 Å². The van der Waals surface area contributed by atoms with Crippen LogP contribution in [-0.4, -0.2) is 38.2 Å². The van der Waals surface area contributed by atoms with Crippen LogP contribution in [0.15, 0.2) is 16.9 Å². The van der Waals surface area contributed by atoms with Crippen LogP contribution in [0.25, 0.3) is 22.3 Å². The molecule has 186 valence electrons. The Labute approximate surface area is 204 Å². The molecule has 2 atom stereocenters. The van der Waals surface area contributed by atoms with Gasteiger partial charge in [-0.2, -0.15) is 0 Å². The number of hydrogen-bond donors (Lipinski definition) is 3. The minimum atomic E-state index is -1.95. The second-order valence-corrected chi connectivity index (χ2v) is 9.63. The Morgan fingerprint density at radius 2 is 2.08 bits per heavy atom. The van der Waals surface area contributed by atoms with Gasteiger partial charge in [-0.1, -0.05) is 6.92 Å². The van der Waals surface area contributed by atoms with E-state index in [1.165, 1.54) is 10.6 Å². The SMILES string of the molecule is CCC1(O)C(=O)OCc2c1cc1n(c2=O)Cc2c-1nc1cc(F)c(C)c3c1c2[C@@H](NC(=O)CO)CC3. The summed E-state index contributed by atoms with van der Waals surface area (Å²) < 4.78 is 21.5. The maximum Gasteiger partial charge on any atom is 0.343 e. The zero-order chi connectivity index (χ0) is 25.5. The van der Waals surface area contributed by atoms with Crippen molar-refractivity contribution in [2.45, 2.75) is 57.9 Å². The summed E-state index contributed by atoms with van der Waals surface area (Å²) in [7, 11) is 0. The summed E-state index contributed by atoms with van der Waals surface area (Å²) in [5, 5.41) is 24.0. The van der Waals surface area contributed by atoms with Crippen molar-refractivity contribution in [3.8, 4) is 11.4 Å². The van der Waals surface area contributed by atoms with Crippen molar-refractivity contribution in [3.63, 3.8) is 0 Å². The highest BCUT2D eigenvalue weighted by Gasteiger charge is 2.46. The predicted molar refractivity (Wildman–Crippen MR) is 126 cm³/mol. The third kappa shape index (κ3) is 2.88. The van der Waals surface area contributed by atoms with Crippen molar-refractivity contribution >= 4 is 22.8 Å². The van der Waals surface area contributed by atoms with Gasteiger partial charge in [0.2, 0.25) is 5.91 Å². The Bertz CT molecular complexity index is 1580. The van der Waals surface area contributed by atoms with E-state index in [2.05, 4.69) is 5.32 Å². The maximum absolute atomic E-state index is 14.9. The highest BCUT2D eigenvalue weighted by molar-refractivity contribution is 5.94. The van der Waals surface area contributed by atoms with Crippen molar-refractivity contribution in [1.29, 1.82) is 0 Å². The standard InChI is InChI=1S/C26H24FN3O6/c1-3-26(35)15-6-19-23-13(8-30(19)24(33)14(15)10-36-25(26)34)22-17(28-20(32)9-31)5-4-12-11(2)16(27)7-18(29-23)21(12)22/h6-7,17,31,35H,3-5,8-10H2,1-2H3,(H,28,32)/t17-,26?/m0/s1. The van der Waals surface area contributed by atoms with Crippen molar-refractivity contribution < 1.29 is 28.9 Å². The number of aliphatic hydroxyl groups is 2. The van der Waals surface area contributed by atoms with Crippen molar-refractivity contribution in [2.24, 2.45) is 0 Å². The molecule has 1 unspecified atom stereocenters. The van der Waals surface area contributed by atoms with Gasteiger partial charge in [-0.15, -0.1) is 0 Å². The number of aliphatic hydroxyl groups excluding tert-OH is 1. The molecule has 0 radical (unpaired) electrons. The number of cyclic esters (lactones) is 1. The lowest BCUT2D eigenvalue weighted by molar-refractivity contribution is -0.172. The van der Waals surface area contributed by atoms with Gasteiger partial charge in [0.1, 0.15) is 19.0 Å². The van der Waals surface area contributed by atoms with Gasteiger partial charge in [-0.25, -0.2) is 14.2 Å². The van der Waals surface area contributed by atoms with E-state index >= 15 is 0 Å². The minimum absolute atomic E-state index is 0.0219. The number of halogens is 1. The van der Waals surface area contributed by atoms with E-state index in [4.69, 9.17) is 9.72 Å². The quantitative estimate of drug-likeness (QED) is 0.370. The predicted octanol–water partition coefficient (Wildman–Crippen LogP) is 1.62. The molecule has 0 saturated heterocycles. The molecule has 0 bridgehead atoms. The molecule has 4 heterocycles. The average molecular weight is 493 g/mol. The number of nitrogens with one attached hydrogen (secondary N) is 1. The number of rotatable bonds is 3. The van der Waals surface area contributed by atoms with Crippen LogP contribution in [0.5, 0.6) is 0 Å². The van der Waals surface area contributed by atoms with E-state index in [0.29, 0.717) is 40.9 Å². The number of nitrogens with zero attached hydrogens (tertiary/aromatic N) is 2. The Balaban J connectivity index is 1.66. The molecular formula is C26H24FN3O6. The number of aromatic nitrogens is 2. The fraction of sp³-hybridized carbons (Fsp3) is 0.385. The molecule has 9 nitrogen and oxygen atoms in total. The Morgan fingerprint density at radius 1 is 1.31 bits per heavy atom. The number of ether oxygens (including phenoxy) is 1. The number of aryl methyl sites for hydroxylation is 1. The third-order valence-electron chi connectivity index (χ3n) is 7.86. The monoisotopic (exact) mass is 493 g/mol. The van der Waals surface area contributed by atoms with E-state index in [-0.39, 0.29) is 30.7 Å². The van der Waals surface area contributed by atoms with Crippen molar-refractivity contribution in [1.82, 2.24) is 14.9 Å². The molecule has 3 aliphatic rings. The molecule has 1 amide bonds. The van der Waals surface area contributed by atoms with Gasteiger partial charge in [0.25, 0.3) is 5.56 Å². The van der Waals surface area contributed by atoms with Crippen LogP contribution >= 0.6 is 0 Å². The van der Waals surface area contributed by atoms with E-state index in [0.717, 1.165) is 16.5 Å². The molecular weight excluding hydrogens is 469 g/mol. The Hall–Kier alpha value is -3.63. The van der Waals surface area contributed by atoms with Gasteiger partial charge in [-0.3, -0.25) is 9.59 Å². The third-order valence-corrected chi connectivity index (χ3v) is 7.86. The summed E-state index contributed by atoms with van der Waals surface area (Å²) >= 11 is 0. The van der Waals surface area contributed by atoms with Crippen molar-refractivity contribution in [3.05, 3.63) is 61.7 Å². The minimum Gasteiger partial charge on any atom is -0.458 e. The highest BCUT2D eigenvalue weighted by atomic mass is 19.1. The number of esters is 1. The molecule has 1 aliphatic carbocycles. The maximum atomic E-state index is 14.9. The van der Waals surface area contributed by atoms with Crippen LogP contribution in [0.2, 0.25) is 0 Å². The molecule has 36 heavy (non-hydrogen) atoms. The van der Waals surface area contributed by atoms with Gasteiger partial charge in [0.05, 0.1) is 35.1 Å². The first-order valence-electron chi connectivity index (χ1n) is 11.9. The lowest BCUT2D eigenvalue weighted by atomic mass is 9.81. The van der Waals surface area contributed by atoms with Crippen LogP contribution in [0.1, 0.15) is 59.2 Å². The number of benzene rings is 1. The molecule has 3 aromatic rings. The summed E-state index contributed by atoms with van der Waals surface area (Å²) in [5.74, 6) is -1.74. The second kappa shape index (κ2) is 7.68. The molecule has 0 saturated carbocycles. The number of carbonyl (C=O) groups is 2. The zero-order valence-electron chi connectivity index (χ0n) is 19.8. The smallest absolute Gasteiger partial charge is 0.343 e. The summed E-state index contributed by atoms with van der Waals surface area (Å²) in [6.45, 7) is 2.60. The number of carbonyl (C=O) groups excluding carboxylic acids is 2. The second-order valence-electron chi connectivity index (χ2n) is 9.63. The zero-order valence-corrected chi connectivity index (χ0v) is 19.8. The average Bonchev–Trinajstić information content (AvgIpc) is 3.24. The van der Waals surface area contributed by atoms with E-state index in [1.807, 2.05) is 0 Å². The lowest BCUT2D eigenvalue weighted by Gasteiger charge is -2.31. The van der Waals surface area contributed by atoms with Gasteiger partial charge in [-0.05, 0) is 48.9 Å². The summed E-state index contributed by atoms with van der Waals surface area (Å²) in [4.78, 5) is 42.9. The number of amides is 1. The fourth-order valence-corrected chi connectivity index (χ4v) is 5.94. The van der Waals surface area contributed by atoms with Crippen LogP contribution in [0.3, 0.4) is 0 Å². The molecule has 1 aromatic carbocycles. The molecule has 2 aromatic heterocycles. The van der Waals surface area contributed by atoms with Crippen LogP contribution in [0.4, 0.5) is 4.39 Å². The van der Waals surface area contributed by atoms with E-state index < -0.39 is 41.5 Å². The first-order valence-corrected chi connectivity index (χ1v) is 11.9. The summed E-state index contributed by atoms with van der Waals surface area (Å²) in [5.41, 5.74) is 2.09. The van der Waals surface area contributed by atoms with Crippen molar-refractivity contribution in [2.75, 3.05) is 6.61 Å². The molecule has 2 aliphatic heterocycles. The van der Waals surface area contributed by atoms with Gasteiger partial charge in [0, 0.05) is 22.6 Å². The van der Waals surface area contributed by atoms with Crippen LogP contribution < -0.4 is 10.9 Å². The van der Waals surface area contributed by atoms with Gasteiger partial charge >= 0.3 is 5.97 Å². The normalized spacial score (nSPS) is 21.6. The number of fused-ring (bicyclic) bond motifs is 5. The molecule has 3 N–H and O–H groups in total. The number of hydrogen-bond acceptors (Lipinski definition) is 7. The highest BCUT2D eigenvalue weighted by Crippen LogP contribution is 2.45. The molecule has 10 heteroatoms. The first-order chi connectivity index (χ1) is 17.2. The Morgan fingerprint density at radius 3 is 2.81 bits per heavy atom. The van der Waals surface area contributed by atoms with Crippen LogP contribution in [0, 0.1) is 12.7 Å². The van der Waals surface area contributed by atoms with Crippen LogP contribution in [-0.2, 0) is 39.5 Å². The largest absolute Gasteiger partial charge is 0.458 e. The Kier molecular flexibility index (Phi) is 4.87. The van der Waals surface area contributed by atoms with E-state index in [9.17, 15) is 29.0 Å². The fourth-order valence-electron chi connectivity index (χ4n) is 5.94.